The van der Waals surface area contributed by atoms with E-state index in [2.05, 4.69) is 23.1 Å². The number of hydrogen-bond acceptors (Lipinski definition) is 2. The summed E-state index contributed by atoms with van der Waals surface area (Å²) in [7, 11) is 4.02. The van der Waals surface area contributed by atoms with E-state index in [1.807, 2.05) is 33.2 Å². The first-order valence-electron chi connectivity index (χ1n) is 4.86. The van der Waals surface area contributed by atoms with Gasteiger partial charge in [-0.15, -0.1) is 0 Å². The average Bonchev–Trinajstić information content (AvgIpc) is 2.20. The first kappa shape index (κ1) is 10.6. The van der Waals surface area contributed by atoms with E-state index in [-0.39, 0.29) is 5.92 Å². The smallest absolute Gasteiger partial charge is 0.0710 e. The van der Waals surface area contributed by atoms with Gasteiger partial charge in [0.25, 0.3) is 0 Å². The molecule has 1 aromatic rings. The Bertz CT molecular complexity index is 319. The van der Waals surface area contributed by atoms with Crippen molar-refractivity contribution in [1.29, 1.82) is 5.26 Å². The van der Waals surface area contributed by atoms with Gasteiger partial charge in [0.15, 0.2) is 0 Å². The molecule has 0 saturated carbocycles. The highest BCUT2D eigenvalue weighted by molar-refractivity contribution is 5.47. The van der Waals surface area contributed by atoms with Crippen molar-refractivity contribution in [3.05, 3.63) is 29.8 Å². The van der Waals surface area contributed by atoms with Gasteiger partial charge >= 0.3 is 0 Å². The van der Waals surface area contributed by atoms with Gasteiger partial charge in [0.2, 0.25) is 0 Å². The molecule has 14 heavy (non-hydrogen) atoms. The molecule has 2 nitrogen and oxygen atoms in total. The standard InChI is InChI=1S/C12H16N2/c1-4-10(9-13)11-5-7-12(8-6-11)14(2)3/h5-8,10H,4H2,1-3H3. The Morgan fingerprint density at radius 2 is 1.86 bits per heavy atom. The molecule has 1 rings (SSSR count). The molecule has 0 fully saturated rings. The predicted molar refractivity (Wildman–Crippen MR) is 59.4 cm³/mol. The molecule has 0 radical (unpaired) electrons. The molecule has 0 bridgehead atoms. The Morgan fingerprint density at radius 1 is 1.29 bits per heavy atom. The topological polar surface area (TPSA) is 27.0 Å². The lowest BCUT2D eigenvalue weighted by Crippen LogP contribution is -2.08. The fourth-order valence-electron chi connectivity index (χ4n) is 1.41. The maximum absolute atomic E-state index is 8.90. The van der Waals surface area contributed by atoms with Gasteiger partial charge in [0.1, 0.15) is 0 Å². The molecular weight excluding hydrogens is 172 g/mol. The summed E-state index contributed by atoms with van der Waals surface area (Å²) in [6.07, 6.45) is 0.873. The third-order valence-corrected chi connectivity index (χ3v) is 2.38. The number of nitrogens with zero attached hydrogens (tertiary/aromatic N) is 2. The molecular formula is C12H16N2. The lowest BCUT2D eigenvalue weighted by atomic mass is 9.98. The van der Waals surface area contributed by atoms with Crippen LogP contribution in [0.5, 0.6) is 0 Å². The molecule has 0 spiro atoms. The fraction of sp³-hybridized carbons (Fsp3) is 0.417. The van der Waals surface area contributed by atoms with Gasteiger partial charge in [-0.2, -0.15) is 5.26 Å². The molecule has 0 heterocycles. The molecule has 0 aromatic heterocycles. The van der Waals surface area contributed by atoms with Crippen molar-refractivity contribution in [1.82, 2.24) is 0 Å². The number of benzene rings is 1. The van der Waals surface area contributed by atoms with Gasteiger partial charge in [0.05, 0.1) is 12.0 Å². The Balaban J connectivity index is 2.88. The van der Waals surface area contributed by atoms with Crippen LogP contribution in [0.15, 0.2) is 24.3 Å². The van der Waals surface area contributed by atoms with Crippen LogP contribution in [-0.2, 0) is 0 Å². The van der Waals surface area contributed by atoms with E-state index in [0.717, 1.165) is 12.0 Å². The van der Waals surface area contributed by atoms with Gasteiger partial charge in [0, 0.05) is 19.8 Å². The second kappa shape index (κ2) is 4.66. The molecule has 74 valence electrons. The van der Waals surface area contributed by atoms with Crippen LogP contribution < -0.4 is 4.90 Å². The van der Waals surface area contributed by atoms with Gasteiger partial charge in [-0.25, -0.2) is 0 Å². The summed E-state index contributed by atoms with van der Waals surface area (Å²) in [4.78, 5) is 2.05. The summed E-state index contributed by atoms with van der Waals surface area (Å²) in [6.45, 7) is 2.04. The van der Waals surface area contributed by atoms with E-state index in [1.165, 1.54) is 5.69 Å². The highest BCUT2D eigenvalue weighted by Gasteiger charge is 2.07. The fourth-order valence-corrected chi connectivity index (χ4v) is 1.41. The molecule has 0 saturated heterocycles. The minimum atomic E-state index is 0.0335. The summed E-state index contributed by atoms with van der Waals surface area (Å²) in [5, 5.41) is 8.90. The molecule has 0 amide bonds. The first-order chi connectivity index (χ1) is 6.69. The molecule has 0 N–H and O–H groups in total. The Labute approximate surface area is 85.8 Å². The van der Waals surface area contributed by atoms with Crippen LogP contribution in [0.1, 0.15) is 24.8 Å². The van der Waals surface area contributed by atoms with Crippen molar-refractivity contribution in [3.8, 4) is 6.07 Å². The lowest BCUT2D eigenvalue weighted by molar-refractivity contribution is 0.818. The zero-order chi connectivity index (χ0) is 10.6. The number of hydrogen-bond donors (Lipinski definition) is 0. The predicted octanol–water partition coefficient (Wildman–Crippen LogP) is 2.77. The second-order valence-electron chi connectivity index (χ2n) is 3.58. The lowest BCUT2D eigenvalue weighted by Gasteiger charge is -2.13. The molecule has 1 aromatic carbocycles. The van der Waals surface area contributed by atoms with Crippen LogP contribution in [0.25, 0.3) is 0 Å². The van der Waals surface area contributed by atoms with Crippen LogP contribution in [0, 0.1) is 11.3 Å². The van der Waals surface area contributed by atoms with Crippen molar-refractivity contribution < 1.29 is 0 Å². The quantitative estimate of drug-likeness (QED) is 0.729. The first-order valence-corrected chi connectivity index (χ1v) is 4.86. The van der Waals surface area contributed by atoms with Crippen LogP contribution in [0.3, 0.4) is 0 Å². The van der Waals surface area contributed by atoms with E-state index in [4.69, 9.17) is 5.26 Å². The van der Waals surface area contributed by atoms with Crippen LogP contribution in [0.2, 0.25) is 0 Å². The van der Waals surface area contributed by atoms with E-state index in [0.29, 0.717) is 0 Å². The summed E-state index contributed by atoms with van der Waals surface area (Å²) in [5.41, 5.74) is 2.28. The van der Waals surface area contributed by atoms with E-state index in [9.17, 15) is 0 Å². The molecule has 0 aliphatic heterocycles. The van der Waals surface area contributed by atoms with Crippen molar-refractivity contribution in [2.45, 2.75) is 19.3 Å². The minimum Gasteiger partial charge on any atom is -0.378 e. The summed E-state index contributed by atoms with van der Waals surface area (Å²) < 4.78 is 0. The zero-order valence-corrected chi connectivity index (χ0v) is 8.99. The van der Waals surface area contributed by atoms with Crippen LogP contribution in [0.4, 0.5) is 5.69 Å². The largest absolute Gasteiger partial charge is 0.378 e. The maximum atomic E-state index is 8.90. The Kier molecular flexibility index (Phi) is 3.53. The Hall–Kier alpha value is -1.49. The minimum absolute atomic E-state index is 0.0335. The SMILES string of the molecule is CCC(C#N)c1ccc(N(C)C)cc1. The summed E-state index contributed by atoms with van der Waals surface area (Å²) in [6, 6.07) is 10.5. The van der Waals surface area contributed by atoms with E-state index < -0.39 is 0 Å². The van der Waals surface area contributed by atoms with Crippen molar-refractivity contribution >= 4 is 5.69 Å². The third-order valence-electron chi connectivity index (χ3n) is 2.38. The van der Waals surface area contributed by atoms with Gasteiger partial charge in [-0.3, -0.25) is 0 Å². The van der Waals surface area contributed by atoms with Crippen molar-refractivity contribution in [2.75, 3.05) is 19.0 Å². The number of rotatable bonds is 3. The van der Waals surface area contributed by atoms with Gasteiger partial charge in [-0.1, -0.05) is 19.1 Å². The monoisotopic (exact) mass is 188 g/mol. The van der Waals surface area contributed by atoms with Gasteiger partial charge < -0.3 is 4.90 Å². The van der Waals surface area contributed by atoms with Crippen molar-refractivity contribution in [3.63, 3.8) is 0 Å². The third kappa shape index (κ3) is 2.26. The molecule has 2 heteroatoms. The van der Waals surface area contributed by atoms with Crippen LogP contribution in [-0.4, -0.2) is 14.1 Å². The second-order valence-corrected chi connectivity index (χ2v) is 3.58. The molecule has 0 aliphatic carbocycles. The van der Waals surface area contributed by atoms with Crippen LogP contribution >= 0.6 is 0 Å². The molecule has 0 aliphatic rings. The zero-order valence-electron chi connectivity index (χ0n) is 8.99. The number of anilines is 1. The summed E-state index contributed by atoms with van der Waals surface area (Å²) >= 11 is 0. The van der Waals surface area contributed by atoms with Crippen molar-refractivity contribution in [2.24, 2.45) is 0 Å². The van der Waals surface area contributed by atoms with E-state index >= 15 is 0 Å². The molecule has 1 unspecified atom stereocenters. The summed E-state index contributed by atoms with van der Waals surface area (Å²) in [5.74, 6) is 0.0335. The normalized spacial score (nSPS) is 11.9. The molecule has 1 atom stereocenters. The highest BCUT2D eigenvalue weighted by atomic mass is 15.1. The average molecular weight is 188 g/mol. The number of nitriles is 1. The highest BCUT2D eigenvalue weighted by Crippen LogP contribution is 2.21. The van der Waals surface area contributed by atoms with Gasteiger partial charge in [-0.05, 0) is 24.1 Å². The maximum Gasteiger partial charge on any atom is 0.0710 e. The van der Waals surface area contributed by atoms with E-state index in [1.54, 1.807) is 0 Å². The Morgan fingerprint density at radius 3 is 2.21 bits per heavy atom.